The van der Waals surface area contributed by atoms with E-state index in [1.54, 1.807) is 0 Å². The van der Waals surface area contributed by atoms with Crippen molar-refractivity contribution in [2.24, 2.45) is 0 Å². The van der Waals surface area contributed by atoms with Crippen LogP contribution >= 0.6 is 0 Å². The van der Waals surface area contributed by atoms with Crippen LogP contribution < -0.4 is 5.32 Å². The molecule has 7 nitrogen and oxygen atoms in total. The molecular weight excluding hydrogens is 406 g/mol. The van der Waals surface area contributed by atoms with E-state index in [0.717, 1.165) is 38.0 Å². The second-order valence-electron chi connectivity index (χ2n) is 7.39. The predicted octanol–water partition coefficient (Wildman–Crippen LogP) is 4.23. The maximum Gasteiger partial charge on any atom is 0.501 e. The maximum absolute atomic E-state index is 6.10. The van der Waals surface area contributed by atoms with E-state index < -0.39 is 17.6 Å². The monoisotopic (exact) mass is 453 g/mol. The lowest BCUT2D eigenvalue weighted by molar-refractivity contribution is 0.0433. The van der Waals surface area contributed by atoms with Gasteiger partial charge in [0.15, 0.2) is 0 Å². The first kappa shape index (κ1) is 29.2. The van der Waals surface area contributed by atoms with Crippen LogP contribution in [0.1, 0.15) is 68.2 Å². The Kier molecular flexibility index (Phi) is 16.9. The lowest BCUT2D eigenvalue weighted by Gasteiger charge is -2.31. The van der Waals surface area contributed by atoms with Crippen molar-refractivity contribution in [2.75, 3.05) is 39.5 Å². The molecule has 0 aromatic rings. The zero-order chi connectivity index (χ0) is 22.2. The van der Waals surface area contributed by atoms with Crippen LogP contribution in [0.15, 0.2) is 0 Å². The van der Waals surface area contributed by atoms with Crippen molar-refractivity contribution in [2.45, 2.75) is 92.5 Å². The quantitative estimate of drug-likeness (QED) is 0.218. The van der Waals surface area contributed by atoms with E-state index in [2.05, 4.69) is 5.32 Å². The summed E-state index contributed by atoms with van der Waals surface area (Å²) in [4.78, 5) is 0. The van der Waals surface area contributed by atoms with E-state index in [9.17, 15) is 0 Å². The van der Waals surface area contributed by atoms with Crippen molar-refractivity contribution >= 4 is 17.6 Å². The Bertz CT molecular complexity index is 342. The van der Waals surface area contributed by atoms with Crippen molar-refractivity contribution in [1.82, 2.24) is 5.32 Å². The molecule has 29 heavy (non-hydrogen) atoms. The Labute approximate surface area is 181 Å². The molecule has 0 unspecified atom stereocenters. The second kappa shape index (κ2) is 16.8. The molecule has 0 fully saturated rings. The molecule has 176 valence electrons. The Morgan fingerprint density at radius 3 is 1.14 bits per heavy atom. The summed E-state index contributed by atoms with van der Waals surface area (Å²) in [5.74, 6) is 0. The molecule has 0 aliphatic carbocycles. The third-order valence-electron chi connectivity index (χ3n) is 3.96. The van der Waals surface area contributed by atoms with Gasteiger partial charge in [-0.15, -0.1) is 0 Å². The smallest absolute Gasteiger partial charge is 0.374 e. The molecule has 9 heteroatoms. The standard InChI is InChI=1S/C20H47NO6Si2/c1-9-22-28(23-10-2,26-19(5)6)17-13-15-21-16-14-18-29(24-11-3,25-12-4)27-20(7)8/h19-21H,9-18H2,1-8H3. The van der Waals surface area contributed by atoms with Gasteiger partial charge in [0.1, 0.15) is 0 Å². The summed E-state index contributed by atoms with van der Waals surface area (Å²) in [7, 11) is -5.18. The Morgan fingerprint density at radius 2 is 0.897 bits per heavy atom. The molecule has 0 saturated heterocycles. The SMILES string of the molecule is CCO[Si](CCCNCCC[Si](OCC)(OCC)OC(C)C)(OCC)OC(C)C. The van der Waals surface area contributed by atoms with E-state index in [1.807, 2.05) is 55.4 Å². The van der Waals surface area contributed by atoms with Gasteiger partial charge in [0.2, 0.25) is 0 Å². The van der Waals surface area contributed by atoms with Gasteiger partial charge in [-0.2, -0.15) is 0 Å². The van der Waals surface area contributed by atoms with E-state index in [-0.39, 0.29) is 12.2 Å². The normalized spacial score (nSPS) is 13.0. The largest absolute Gasteiger partial charge is 0.501 e. The number of hydrogen-bond acceptors (Lipinski definition) is 7. The third kappa shape index (κ3) is 13.2. The minimum Gasteiger partial charge on any atom is -0.374 e. The van der Waals surface area contributed by atoms with Gasteiger partial charge >= 0.3 is 17.6 Å². The molecule has 0 aliphatic heterocycles. The van der Waals surface area contributed by atoms with E-state index >= 15 is 0 Å². The Balaban J connectivity index is 4.42. The van der Waals surface area contributed by atoms with Gasteiger partial charge < -0.3 is 31.9 Å². The van der Waals surface area contributed by atoms with Crippen LogP contribution in [0.2, 0.25) is 12.1 Å². The van der Waals surface area contributed by atoms with Crippen LogP contribution in [0.3, 0.4) is 0 Å². The minimum atomic E-state index is -2.59. The number of nitrogens with one attached hydrogen (secondary N) is 1. The predicted molar refractivity (Wildman–Crippen MR) is 122 cm³/mol. The van der Waals surface area contributed by atoms with Crippen LogP contribution in [0, 0.1) is 0 Å². The Morgan fingerprint density at radius 1 is 0.586 bits per heavy atom. The molecule has 0 atom stereocenters. The first-order valence-electron chi connectivity index (χ1n) is 11.4. The third-order valence-corrected chi connectivity index (χ3v) is 10.5. The van der Waals surface area contributed by atoms with Crippen molar-refractivity contribution in [3.05, 3.63) is 0 Å². The number of hydrogen-bond donors (Lipinski definition) is 1. The summed E-state index contributed by atoms with van der Waals surface area (Å²) >= 11 is 0. The van der Waals surface area contributed by atoms with Gasteiger partial charge in [-0.05, 0) is 81.3 Å². The van der Waals surface area contributed by atoms with Gasteiger partial charge in [0.05, 0.1) is 0 Å². The summed E-state index contributed by atoms with van der Waals surface area (Å²) in [6.07, 6.45) is 2.12. The van der Waals surface area contributed by atoms with Gasteiger partial charge in [-0.25, -0.2) is 0 Å². The van der Waals surface area contributed by atoms with Crippen molar-refractivity contribution in [1.29, 1.82) is 0 Å². The fourth-order valence-corrected chi connectivity index (χ4v) is 8.88. The average Bonchev–Trinajstić information content (AvgIpc) is 2.60. The summed E-state index contributed by atoms with van der Waals surface area (Å²) in [5, 5.41) is 3.52. The molecule has 0 aromatic carbocycles. The zero-order valence-corrected chi connectivity index (χ0v) is 22.2. The van der Waals surface area contributed by atoms with E-state index in [0.29, 0.717) is 26.4 Å². The lowest BCUT2D eigenvalue weighted by Crippen LogP contribution is -2.48. The highest BCUT2D eigenvalue weighted by Crippen LogP contribution is 2.21. The van der Waals surface area contributed by atoms with Crippen molar-refractivity contribution in [3.8, 4) is 0 Å². The average molecular weight is 454 g/mol. The molecule has 0 heterocycles. The van der Waals surface area contributed by atoms with Gasteiger partial charge in [0.25, 0.3) is 0 Å². The molecule has 0 spiro atoms. The van der Waals surface area contributed by atoms with E-state index in [1.165, 1.54) is 0 Å². The van der Waals surface area contributed by atoms with Crippen molar-refractivity contribution < 1.29 is 26.6 Å². The van der Waals surface area contributed by atoms with Crippen LogP contribution in [0.4, 0.5) is 0 Å². The molecule has 0 saturated carbocycles. The fraction of sp³-hybridized carbons (Fsp3) is 1.00. The molecule has 0 aliphatic rings. The van der Waals surface area contributed by atoms with Gasteiger partial charge in [0, 0.05) is 50.7 Å². The van der Waals surface area contributed by atoms with Crippen LogP contribution in [-0.2, 0) is 26.6 Å². The van der Waals surface area contributed by atoms with Crippen LogP contribution in [-0.4, -0.2) is 69.3 Å². The molecule has 1 N–H and O–H groups in total. The molecule has 0 rings (SSSR count). The highest BCUT2D eigenvalue weighted by Gasteiger charge is 2.42. The Hall–Kier alpha value is 0.154. The maximum atomic E-state index is 6.10. The first-order valence-corrected chi connectivity index (χ1v) is 15.3. The molecule has 0 aromatic heterocycles. The minimum absolute atomic E-state index is 0.101. The highest BCUT2D eigenvalue weighted by molar-refractivity contribution is 6.61. The fourth-order valence-electron chi connectivity index (χ4n) is 3.21. The molecular formula is C20H47NO6Si2. The molecule has 0 radical (unpaired) electrons. The highest BCUT2D eigenvalue weighted by atomic mass is 28.4. The zero-order valence-electron chi connectivity index (χ0n) is 20.2. The summed E-state index contributed by atoms with van der Waals surface area (Å²) < 4.78 is 36.1. The topological polar surface area (TPSA) is 67.4 Å². The summed E-state index contributed by atoms with van der Waals surface area (Å²) in [6, 6.07) is 1.65. The van der Waals surface area contributed by atoms with Crippen LogP contribution in [0.25, 0.3) is 0 Å². The first-order chi connectivity index (χ1) is 13.8. The van der Waals surface area contributed by atoms with Gasteiger partial charge in [-0.3, -0.25) is 0 Å². The van der Waals surface area contributed by atoms with Crippen molar-refractivity contribution in [3.63, 3.8) is 0 Å². The number of rotatable bonds is 20. The summed E-state index contributed by atoms with van der Waals surface area (Å²) in [6.45, 7) is 20.4. The molecule has 0 bridgehead atoms. The second-order valence-corrected chi connectivity index (χ2v) is 12.7. The van der Waals surface area contributed by atoms with E-state index in [4.69, 9.17) is 26.6 Å². The van der Waals surface area contributed by atoms with Crippen LogP contribution in [0.5, 0.6) is 0 Å². The van der Waals surface area contributed by atoms with Gasteiger partial charge in [-0.1, -0.05) is 0 Å². The summed E-state index contributed by atoms with van der Waals surface area (Å²) in [5.41, 5.74) is 0. The molecule has 0 amide bonds. The lowest BCUT2D eigenvalue weighted by atomic mass is 10.4.